The average Bonchev–Trinajstić information content (AvgIpc) is 3.02. The molecule has 3 rings (SSSR count). The van der Waals surface area contributed by atoms with Gasteiger partial charge in [0.15, 0.2) is 5.96 Å². The molecule has 1 saturated carbocycles. The third-order valence-corrected chi connectivity index (χ3v) is 5.50. The maximum atomic E-state index is 12.8. The van der Waals surface area contributed by atoms with E-state index in [0.717, 1.165) is 29.0 Å². The Morgan fingerprint density at radius 1 is 1.24 bits per heavy atom. The molecule has 0 radical (unpaired) electrons. The lowest BCUT2D eigenvalue weighted by Gasteiger charge is -2.31. The van der Waals surface area contributed by atoms with Crippen LogP contribution in [0.3, 0.4) is 0 Å². The summed E-state index contributed by atoms with van der Waals surface area (Å²) in [6.45, 7) is 2.51. The quantitative estimate of drug-likeness (QED) is 0.346. The van der Waals surface area contributed by atoms with Crippen molar-refractivity contribution in [1.29, 1.82) is 0 Å². The molecule has 0 spiro atoms. The van der Waals surface area contributed by atoms with Gasteiger partial charge in [-0.05, 0) is 44.7 Å². The van der Waals surface area contributed by atoms with Gasteiger partial charge in [0, 0.05) is 37.2 Å². The van der Waals surface area contributed by atoms with E-state index in [4.69, 9.17) is 9.47 Å². The maximum absolute atomic E-state index is 12.8. The molecule has 1 aliphatic heterocycles. The molecule has 29 heavy (non-hydrogen) atoms. The number of halogens is 4. The summed E-state index contributed by atoms with van der Waals surface area (Å²) in [7, 11) is 3.29. The lowest BCUT2D eigenvalue weighted by molar-refractivity contribution is -0.182. The van der Waals surface area contributed by atoms with Crippen LogP contribution in [0.25, 0.3) is 0 Å². The summed E-state index contributed by atoms with van der Waals surface area (Å²) in [6.07, 6.45) is -1.78. The van der Waals surface area contributed by atoms with Crippen LogP contribution < -0.4 is 20.1 Å². The summed E-state index contributed by atoms with van der Waals surface area (Å²) >= 11 is 0. The van der Waals surface area contributed by atoms with Crippen molar-refractivity contribution in [2.45, 2.75) is 63.9 Å². The second-order valence-electron chi connectivity index (χ2n) is 7.56. The first-order chi connectivity index (χ1) is 13.3. The topological polar surface area (TPSA) is 54.9 Å². The first kappa shape index (κ1) is 23.9. The Bertz CT molecular complexity index is 720. The van der Waals surface area contributed by atoms with Crippen molar-refractivity contribution < 1.29 is 22.6 Å². The van der Waals surface area contributed by atoms with Crippen molar-refractivity contribution in [1.82, 2.24) is 10.6 Å². The molecule has 1 aromatic carbocycles. The molecule has 1 atom stereocenters. The fraction of sp³-hybridized carbons (Fsp3) is 0.650. The van der Waals surface area contributed by atoms with Gasteiger partial charge in [-0.1, -0.05) is 0 Å². The zero-order valence-electron chi connectivity index (χ0n) is 16.9. The van der Waals surface area contributed by atoms with Crippen LogP contribution in [-0.4, -0.2) is 38.4 Å². The summed E-state index contributed by atoms with van der Waals surface area (Å²) in [5.74, 6) is 1.05. The van der Waals surface area contributed by atoms with Crippen molar-refractivity contribution in [3.8, 4) is 11.5 Å². The minimum atomic E-state index is -4.09. The van der Waals surface area contributed by atoms with Gasteiger partial charge in [0.05, 0.1) is 13.0 Å². The summed E-state index contributed by atoms with van der Waals surface area (Å²) < 4.78 is 49.8. The van der Waals surface area contributed by atoms with Gasteiger partial charge in [-0.2, -0.15) is 13.2 Å². The molecule has 1 aliphatic carbocycles. The van der Waals surface area contributed by atoms with Crippen LogP contribution in [-0.2, 0) is 13.0 Å². The fourth-order valence-corrected chi connectivity index (χ4v) is 3.94. The SMILES string of the molecule is CN=C(NCc1cc2c(cc1OC)CC(C)O2)NC1CCC(C(F)(F)F)CC1.I. The van der Waals surface area contributed by atoms with Crippen molar-refractivity contribution in [3.05, 3.63) is 23.3 Å². The molecule has 1 heterocycles. The molecule has 0 saturated heterocycles. The molecule has 164 valence electrons. The van der Waals surface area contributed by atoms with Crippen LogP contribution in [0.1, 0.15) is 43.7 Å². The molecule has 2 aliphatic rings. The lowest BCUT2D eigenvalue weighted by Crippen LogP contribution is -2.45. The van der Waals surface area contributed by atoms with Crippen molar-refractivity contribution in [2.24, 2.45) is 10.9 Å². The van der Waals surface area contributed by atoms with E-state index in [2.05, 4.69) is 15.6 Å². The second-order valence-corrected chi connectivity index (χ2v) is 7.56. The number of rotatable bonds is 4. The van der Waals surface area contributed by atoms with Crippen LogP contribution in [0.4, 0.5) is 13.2 Å². The summed E-state index contributed by atoms with van der Waals surface area (Å²) in [6, 6.07) is 3.98. The molecule has 1 unspecified atom stereocenters. The van der Waals surface area contributed by atoms with E-state index in [1.165, 1.54) is 0 Å². The Balaban J connectivity index is 0.00000300. The van der Waals surface area contributed by atoms with Gasteiger partial charge in [-0.3, -0.25) is 4.99 Å². The predicted octanol–water partition coefficient (Wildman–Crippen LogP) is 4.42. The van der Waals surface area contributed by atoms with E-state index in [0.29, 0.717) is 25.3 Å². The van der Waals surface area contributed by atoms with Crippen LogP contribution in [0.5, 0.6) is 11.5 Å². The number of benzene rings is 1. The highest BCUT2D eigenvalue weighted by atomic mass is 127. The Kier molecular flexibility index (Phi) is 8.30. The summed E-state index contributed by atoms with van der Waals surface area (Å²) in [5.41, 5.74) is 2.08. The molecule has 0 bridgehead atoms. The molecular weight excluding hydrogens is 498 g/mol. The zero-order valence-corrected chi connectivity index (χ0v) is 19.3. The highest BCUT2D eigenvalue weighted by molar-refractivity contribution is 14.0. The van der Waals surface area contributed by atoms with Crippen molar-refractivity contribution in [3.63, 3.8) is 0 Å². The average molecular weight is 527 g/mol. The standard InChI is InChI=1S/C20H28F3N3O2.HI/c1-12-8-13-9-17(27-3)14(10-18(13)28-12)11-25-19(24-2)26-16-6-4-15(5-7-16)20(21,22)23;/h9-10,12,15-16H,4-8,11H2,1-3H3,(H2,24,25,26);1H. The number of methoxy groups -OCH3 is 1. The van der Waals surface area contributed by atoms with E-state index in [1.54, 1.807) is 14.2 Å². The molecular formula is C20H29F3IN3O2. The third-order valence-electron chi connectivity index (χ3n) is 5.50. The lowest BCUT2D eigenvalue weighted by atomic mass is 9.85. The van der Waals surface area contributed by atoms with Crippen LogP contribution >= 0.6 is 24.0 Å². The minimum absolute atomic E-state index is 0. The Hall–Kier alpha value is -1.39. The Morgan fingerprint density at radius 2 is 1.93 bits per heavy atom. The van der Waals surface area contributed by atoms with E-state index in [1.807, 2.05) is 19.1 Å². The van der Waals surface area contributed by atoms with Gasteiger partial charge in [0.25, 0.3) is 0 Å². The molecule has 9 heteroatoms. The molecule has 0 aromatic heterocycles. The number of fused-ring (bicyclic) bond motifs is 1. The van der Waals surface area contributed by atoms with Gasteiger partial charge in [0.2, 0.25) is 0 Å². The largest absolute Gasteiger partial charge is 0.496 e. The number of nitrogens with zero attached hydrogens (tertiary/aromatic N) is 1. The van der Waals surface area contributed by atoms with Gasteiger partial charge in [-0.25, -0.2) is 0 Å². The Labute approximate surface area is 186 Å². The molecule has 1 fully saturated rings. The molecule has 5 nitrogen and oxygen atoms in total. The van der Waals surface area contributed by atoms with Crippen molar-refractivity contribution >= 4 is 29.9 Å². The summed E-state index contributed by atoms with van der Waals surface area (Å²) in [4.78, 5) is 4.21. The van der Waals surface area contributed by atoms with Gasteiger partial charge in [-0.15, -0.1) is 24.0 Å². The first-order valence-electron chi connectivity index (χ1n) is 9.70. The van der Waals surface area contributed by atoms with Gasteiger partial charge in [0.1, 0.15) is 17.6 Å². The summed E-state index contributed by atoms with van der Waals surface area (Å²) in [5, 5.41) is 6.48. The molecule has 1 aromatic rings. The number of aliphatic imine (C=N–C) groups is 1. The number of ether oxygens (including phenoxy) is 2. The maximum Gasteiger partial charge on any atom is 0.391 e. The van der Waals surface area contributed by atoms with Crippen molar-refractivity contribution in [2.75, 3.05) is 14.2 Å². The normalized spacial score (nSPS) is 24.2. The molecule has 2 N–H and O–H groups in total. The van der Waals surface area contributed by atoms with E-state index in [-0.39, 0.29) is 49.0 Å². The van der Waals surface area contributed by atoms with Crippen LogP contribution in [0, 0.1) is 5.92 Å². The first-order valence-corrected chi connectivity index (χ1v) is 9.70. The van der Waals surface area contributed by atoms with Crippen LogP contribution in [0.2, 0.25) is 0 Å². The van der Waals surface area contributed by atoms with Crippen LogP contribution in [0.15, 0.2) is 17.1 Å². The number of hydrogen-bond acceptors (Lipinski definition) is 3. The monoisotopic (exact) mass is 527 g/mol. The van der Waals surface area contributed by atoms with E-state index >= 15 is 0 Å². The number of hydrogen-bond donors (Lipinski definition) is 2. The number of alkyl halides is 3. The molecule has 0 amide bonds. The van der Waals surface area contributed by atoms with Gasteiger partial charge < -0.3 is 20.1 Å². The van der Waals surface area contributed by atoms with E-state index in [9.17, 15) is 13.2 Å². The number of guanidine groups is 1. The number of nitrogens with one attached hydrogen (secondary N) is 2. The third kappa shape index (κ3) is 6.05. The smallest absolute Gasteiger partial charge is 0.391 e. The fourth-order valence-electron chi connectivity index (χ4n) is 3.94. The van der Waals surface area contributed by atoms with Gasteiger partial charge >= 0.3 is 6.18 Å². The predicted molar refractivity (Wildman–Crippen MR) is 117 cm³/mol. The zero-order chi connectivity index (χ0) is 20.3. The second kappa shape index (κ2) is 10.1. The highest BCUT2D eigenvalue weighted by Gasteiger charge is 2.41. The highest BCUT2D eigenvalue weighted by Crippen LogP contribution is 2.37. The van der Waals surface area contributed by atoms with E-state index < -0.39 is 12.1 Å². The Morgan fingerprint density at radius 3 is 2.52 bits per heavy atom. The minimum Gasteiger partial charge on any atom is -0.496 e.